The lowest BCUT2D eigenvalue weighted by Crippen LogP contribution is -1.87. The first-order valence-electron chi connectivity index (χ1n) is 9.07. The summed E-state index contributed by atoms with van der Waals surface area (Å²) >= 11 is 3.78. The summed E-state index contributed by atoms with van der Waals surface area (Å²) in [6, 6.07) is 36.8. The quantitative estimate of drug-likeness (QED) is 0.259. The van der Waals surface area contributed by atoms with Crippen LogP contribution in [0.2, 0.25) is 0 Å². The molecule has 0 atom stereocenters. The van der Waals surface area contributed by atoms with Gasteiger partial charge in [0.2, 0.25) is 0 Å². The summed E-state index contributed by atoms with van der Waals surface area (Å²) in [4.78, 5) is 0. The van der Waals surface area contributed by atoms with E-state index in [2.05, 4.69) is 119 Å². The first-order valence-corrected chi connectivity index (χ1v) is 9.86. The van der Waals surface area contributed by atoms with Gasteiger partial charge in [0.25, 0.3) is 0 Å². The van der Waals surface area contributed by atoms with Gasteiger partial charge < -0.3 is 0 Å². The lowest BCUT2D eigenvalue weighted by molar-refractivity contribution is 1.61. The molecule has 0 aliphatic rings. The molecule has 0 saturated carbocycles. The molecule has 0 N–H and O–H groups in total. The zero-order chi connectivity index (χ0) is 18.2. The summed E-state index contributed by atoms with van der Waals surface area (Å²) in [5.41, 5.74) is 5.01. The van der Waals surface area contributed by atoms with Gasteiger partial charge in [0.05, 0.1) is 0 Å². The van der Waals surface area contributed by atoms with Crippen molar-refractivity contribution in [3.63, 3.8) is 0 Å². The molecule has 5 aromatic rings. The lowest BCUT2D eigenvalue weighted by atomic mass is 9.91. The number of hydrogen-bond donors (Lipinski definition) is 0. The number of benzene rings is 5. The molecule has 0 nitrogen and oxygen atoms in total. The molecule has 0 aromatic heterocycles. The zero-order valence-electron chi connectivity index (χ0n) is 14.7. The van der Waals surface area contributed by atoms with Crippen LogP contribution in [0.15, 0.2) is 108 Å². The predicted molar refractivity (Wildman–Crippen MR) is 120 cm³/mol. The average Bonchev–Trinajstić information content (AvgIpc) is 2.73. The van der Waals surface area contributed by atoms with Gasteiger partial charge in [-0.15, -0.1) is 0 Å². The van der Waals surface area contributed by atoms with Crippen molar-refractivity contribution in [2.24, 2.45) is 0 Å². The Kier molecular flexibility index (Phi) is 4.03. The first-order chi connectivity index (χ1) is 13.3. The second-order valence-electron chi connectivity index (χ2n) is 6.75. The van der Waals surface area contributed by atoms with Gasteiger partial charge >= 0.3 is 0 Å². The molecular formula is C26H17Br. The topological polar surface area (TPSA) is 0 Å². The first kappa shape index (κ1) is 16.3. The highest BCUT2D eigenvalue weighted by Crippen LogP contribution is 2.40. The monoisotopic (exact) mass is 408 g/mol. The molecule has 0 fully saturated rings. The highest BCUT2D eigenvalue weighted by Gasteiger charge is 2.12. The molecule has 0 saturated heterocycles. The number of halogens is 1. The molecular weight excluding hydrogens is 392 g/mol. The SMILES string of the molecule is Brc1cccc2cc3ccccc3c(-c3ccc(-c4ccccc4)cc3)c12. The van der Waals surface area contributed by atoms with E-state index in [0.29, 0.717) is 0 Å². The van der Waals surface area contributed by atoms with Crippen LogP contribution in [0.3, 0.4) is 0 Å². The minimum Gasteiger partial charge on any atom is -0.0622 e. The normalized spacial score (nSPS) is 11.1. The third-order valence-corrected chi connectivity index (χ3v) is 5.78. The van der Waals surface area contributed by atoms with Crippen molar-refractivity contribution in [1.82, 2.24) is 0 Å². The minimum absolute atomic E-state index is 1.13. The fourth-order valence-electron chi connectivity index (χ4n) is 3.84. The van der Waals surface area contributed by atoms with Crippen LogP contribution in [-0.4, -0.2) is 0 Å². The molecule has 5 rings (SSSR count). The third kappa shape index (κ3) is 2.85. The van der Waals surface area contributed by atoms with Crippen LogP contribution in [0.25, 0.3) is 43.8 Å². The molecule has 128 valence electrons. The van der Waals surface area contributed by atoms with Crippen molar-refractivity contribution >= 4 is 37.5 Å². The van der Waals surface area contributed by atoms with E-state index in [1.807, 2.05) is 0 Å². The van der Waals surface area contributed by atoms with Crippen LogP contribution in [0.1, 0.15) is 0 Å². The minimum atomic E-state index is 1.13. The Morgan fingerprint density at radius 1 is 0.481 bits per heavy atom. The predicted octanol–water partition coefficient (Wildman–Crippen LogP) is 8.09. The maximum absolute atomic E-state index is 3.78. The molecule has 0 heterocycles. The maximum Gasteiger partial charge on any atom is 0.0260 e. The van der Waals surface area contributed by atoms with Crippen molar-refractivity contribution in [2.75, 3.05) is 0 Å². The summed E-state index contributed by atoms with van der Waals surface area (Å²) in [5, 5.41) is 5.07. The van der Waals surface area contributed by atoms with Crippen LogP contribution < -0.4 is 0 Å². The second kappa shape index (κ2) is 6.68. The number of fused-ring (bicyclic) bond motifs is 2. The van der Waals surface area contributed by atoms with Gasteiger partial charge in [-0.3, -0.25) is 0 Å². The Morgan fingerprint density at radius 3 is 1.93 bits per heavy atom. The summed E-state index contributed by atoms with van der Waals surface area (Å²) in [5.74, 6) is 0. The summed E-state index contributed by atoms with van der Waals surface area (Å²) in [7, 11) is 0. The molecule has 0 unspecified atom stereocenters. The third-order valence-electron chi connectivity index (χ3n) is 5.12. The molecule has 1 heteroatoms. The largest absolute Gasteiger partial charge is 0.0622 e. The molecule has 0 radical (unpaired) electrons. The maximum atomic E-state index is 3.78. The fourth-order valence-corrected chi connectivity index (χ4v) is 4.42. The Balaban J connectivity index is 1.78. The van der Waals surface area contributed by atoms with Gasteiger partial charge in [0.1, 0.15) is 0 Å². The van der Waals surface area contributed by atoms with Gasteiger partial charge in [-0.25, -0.2) is 0 Å². The van der Waals surface area contributed by atoms with E-state index in [4.69, 9.17) is 0 Å². The Labute approximate surface area is 167 Å². The van der Waals surface area contributed by atoms with Crippen LogP contribution in [0, 0.1) is 0 Å². The Morgan fingerprint density at radius 2 is 1.11 bits per heavy atom. The molecule has 0 aliphatic heterocycles. The molecule has 27 heavy (non-hydrogen) atoms. The fraction of sp³-hybridized carbons (Fsp3) is 0. The average molecular weight is 409 g/mol. The smallest absolute Gasteiger partial charge is 0.0260 e. The van der Waals surface area contributed by atoms with Gasteiger partial charge in [-0.1, -0.05) is 107 Å². The van der Waals surface area contributed by atoms with Crippen LogP contribution in [-0.2, 0) is 0 Å². The van der Waals surface area contributed by atoms with Gasteiger partial charge in [0.15, 0.2) is 0 Å². The number of rotatable bonds is 2. The van der Waals surface area contributed by atoms with Crippen LogP contribution in [0.5, 0.6) is 0 Å². The van der Waals surface area contributed by atoms with Crippen molar-refractivity contribution in [3.8, 4) is 22.3 Å². The zero-order valence-corrected chi connectivity index (χ0v) is 16.3. The second-order valence-corrected chi connectivity index (χ2v) is 7.61. The molecule has 0 amide bonds. The van der Waals surface area contributed by atoms with E-state index in [9.17, 15) is 0 Å². The van der Waals surface area contributed by atoms with E-state index in [0.717, 1.165) is 4.47 Å². The van der Waals surface area contributed by atoms with Crippen molar-refractivity contribution in [3.05, 3.63) is 108 Å². The van der Waals surface area contributed by atoms with Crippen molar-refractivity contribution in [2.45, 2.75) is 0 Å². The lowest BCUT2D eigenvalue weighted by Gasteiger charge is -2.14. The molecule has 0 bridgehead atoms. The number of hydrogen-bond acceptors (Lipinski definition) is 0. The Hall–Kier alpha value is -2.90. The van der Waals surface area contributed by atoms with Crippen molar-refractivity contribution in [1.29, 1.82) is 0 Å². The van der Waals surface area contributed by atoms with Gasteiger partial charge in [-0.05, 0) is 50.5 Å². The van der Waals surface area contributed by atoms with Crippen LogP contribution >= 0.6 is 15.9 Å². The molecule has 0 aliphatic carbocycles. The highest BCUT2D eigenvalue weighted by atomic mass is 79.9. The van der Waals surface area contributed by atoms with E-state index in [1.165, 1.54) is 43.8 Å². The van der Waals surface area contributed by atoms with Gasteiger partial charge in [0, 0.05) is 9.86 Å². The standard InChI is InChI=1S/C26H17Br/c27-24-12-6-10-22-17-21-9-4-5-11-23(21)25(26(22)24)20-15-13-19(14-16-20)18-7-2-1-3-8-18/h1-17H. The van der Waals surface area contributed by atoms with E-state index in [-0.39, 0.29) is 0 Å². The molecule has 0 spiro atoms. The van der Waals surface area contributed by atoms with E-state index >= 15 is 0 Å². The summed E-state index contributed by atoms with van der Waals surface area (Å²) in [6.07, 6.45) is 0. The van der Waals surface area contributed by atoms with E-state index in [1.54, 1.807) is 0 Å². The summed E-state index contributed by atoms with van der Waals surface area (Å²) < 4.78 is 1.13. The van der Waals surface area contributed by atoms with Crippen molar-refractivity contribution < 1.29 is 0 Å². The summed E-state index contributed by atoms with van der Waals surface area (Å²) in [6.45, 7) is 0. The Bertz CT molecular complexity index is 1250. The van der Waals surface area contributed by atoms with E-state index < -0.39 is 0 Å². The van der Waals surface area contributed by atoms with Crippen LogP contribution in [0.4, 0.5) is 0 Å². The highest BCUT2D eigenvalue weighted by molar-refractivity contribution is 9.10. The van der Waals surface area contributed by atoms with Gasteiger partial charge in [-0.2, -0.15) is 0 Å². The molecule has 5 aromatic carbocycles.